The van der Waals surface area contributed by atoms with E-state index in [9.17, 15) is 4.79 Å². The molecule has 3 heterocycles. The average molecular weight is 453 g/mol. The van der Waals surface area contributed by atoms with Gasteiger partial charge in [-0.25, -0.2) is 14.8 Å². The molecule has 0 spiro atoms. The molecule has 0 aliphatic carbocycles. The monoisotopic (exact) mass is 452 g/mol. The van der Waals surface area contributed by atoms with Crippen molar-refractivity contribution >= 4 is 39.5 Å². The summed E-state index contributed by atoms with van der Waals surface area (Å²) >= 11 is 0. The second-order valence-corrected chi connectivity index (χ2v) is 8.18. The van der Waals surface area contributed by atoms with Crippen molar-refractivity contribution in [3.63, 3.8) is 0 Å². The Hall–Kier alpha value is -4.33. The number of para-hydroxylation sites is 2. The van der Waals surface area contributed by atoms with Crippen LogP contribution in [0.2, 0.25) is 0 Å². The summed E-state index contributed by atoms with van der Waals surface area (Å²) in [5, 5.41) is 8.81. The van der Waals surface area contributed by atoms with Crippen molar-refractivity contribution < 1.29 is 9.53 Å². The molecule has 8 heteroatoms. The van der Waals surface area contributed by atoms with Gasteiger partial charge < -0.3 is 10.1 Å². The van der Waals surface area contributed by atoms with E-state index in [1.165, 1.54) is 11.8 Å². The number of nitrogens with zero attached hydrogens (tertiary/aromatic N) is 5. The molecular formula is C26H24N6O2. The van der Waals surface area contributed by atoms with Crippen molar-refractivity contribution in [3.8, 4) is 5.82 Å². The molecule has 8 nitrogen and oxygen atoms in total. The van der Waals surface area contributed by atoms with Gasteiger partial charge in [0.25, 0.3) is 0 Å². The maximum atomic E-state index is 12.7. The quantitative estimate of drug-likeness (QED) is 0.366. The molecule has 170 valence electrons. The summed E-state index contributed by atoms with van der Waals surface area (Å²) in [6.07, 6.45) is 3.11. The molecule has 2 aromatic carbocycles. The zero-order valence-corrected chi connectivity index (χ0v) is 19.5. The molecule has 0 atom stereocenters. The van der Waals surface area contributed by atoms with E-state index >= 15 is 0 Å². The van der Waals surface area contributed by atoms with E-state index in [0.717, 1.165) is 33.1 Å². The second kappa shape index (κ2) is 8.55. The number of carbonyl (C=O) groups is 1. The number of pyridine rings is 1. The molecular weight excluding hydrogens is 428 g/mol. The van der Waals surface area contributed by atoms with Crippen LogP contribution in [-0.2, 0) is 4.74 Å². The van der Waals surface area contributed by atoms with E-state index < -0.39 is 5.97 Å². The predicted molar refractivity (Wildman–Crippen MR) is 132 cm³/mol. The summed E-state index contributed by atoms with van der Waals surface area (Å²) in [6.45, 7) is 8.19. The van der Waals surface area contributed by atoms with Crippen LogP contribution >= 0.6 is 0 Å². The molecule has 0 bridgehead atoms. The Kier molecular flexibility index (Phi) is 5.41. The summed E-state index contributed by atoms with van der Waals surface area (Å²) in [6, 6.07) is 13.8. The van der Waals surface area contributed by atoms with Gasteiger partial charge in [0, 0.05) is 5.39 Å². The Balaban J connectivity index is 1.66. The van der Waals surface area contributed by atoms with Gasteiger partial charge in [-0.3, -0.25) is 4.98 Å². The third kappa shape index (κ3) is 3.83. The van der Waals surface area contributed by atoms with Crippen molar-refractivity contribution in [2.24, 2.45) is 0 Å². The fourth-order valence-electron chi connectivity index (χ4n) is 4.08. The highest BCUT2D eigenvalue weighted by atomic mass is 16.5. The minimum atomic E-state index is -0.477. The van der Waals surface area contributed by atoms with Gasteiger partial charge in [0.15, 0.2) is 17.5 Å². The van der Waals surface area contributed by atoms with E-state index in [1.807, 2.05) is 44.2 Å². The number of nitrogens with one attached hydrogen (secondary N) is 1. The number of rotatable bonds is 5. The van der Waals surface area contributed by atoms with Crippen LogP contribution in [0.4, 0.5) is 11.6 Å². The van der Waals surface area contributed by atoms with Crippen LogP contribution in [0.5, 0.6) is 0 Å². The summed E-state index contributed by atoms with van der Waals surface area (Å²) < 4.78 is 6.87. The van der Waals surface area contributed by atoms with Crippen molar-refractivity contribution in [1.29, 1.82) is 0 Å². The maximum Gasteiger partial charge on any atom is 0.343 e. The largest absolute Gasteiger partial charge is 0.462 e. The second-order valence-electron chi connectivity index (χ2n) is 8.18. The van der Waals surface area contributed by atoms with Crippen LogP contribution in [0.15, 0.2) is 54.9 Å². The molecule has 5 aromatic rings. The Morgan fingerprint density at radius 3 is 2.59 bits per heavy atom. The van der Waals surface area contributed by atoms with Crippen molar-refractivity contribution in [2.45, 2.75) is 27.7 Å². The molecule has 0 fully saturated rings. The van der Waals surface area contributed by atoms with Gasteiger partial charge in [-0.15, -0.1) is 0 Å². The number of fused-ring (bicyclic) bond motifs is 2. The zero-order chi connectivity index (χ0) is 23.8. The Morgan fingerprint density at radius 1 is 1.00 bits per heavy atom. The average Bonchev–Trinajstić information content (AvgIpc) is 3.23. The normalized spacial score (nSPS) is 11.2. The predicted octanol–water partition coefficient (Wildman–Crippen LogP) is 5.21. The summed E-state index contributed by atoms with van der Waals surface area (Å²) in [5.41, 5.74) is 6.03. The number of hydrogen-bond acceptors (Lipinski definition) is 7. The van der Waals surface area contributed by atoms with E-state index in [-0.39, 0.29) is 12.2 Å². The highest BCUT2D eigenvalue weighted by molar-refractivity contribution is 5.96. The third-order valence-corrected chi connectivity index (χ3v) is 5.62. The van der Waals surface area contributed by atoms with Crippen molar-refractivity contribution in [1.82, 2.24) is 24.7 Å². The van der Waals surface area contributed by atoms with Gasteiger partial charge in [0.1, 0.15) is 5.56 Å². The Bertz CT molecular complexity index is 1560. The first-order chi connectivity index (χ1) is 16.4. The minimum absolute atomic E-state index is 0.255. The number of hydrogen-bond donors (Lipinski definition) is 1. The van der Waals surface area contributed by atoms with Crippen molar-refractivity contribution in [3.05, 3.63) is 77.1 Å². The van der Waals surface area contributed by atoms with Gasteiger partial charge in [-0.2, -0.15) is 9.78 Å². The van der Waals surface area contributed by atoms with Gasteiger partial charge in [-0.1, -0.05) is 23.8 Å². The van der Waals surface area contributed by atoms with Gasteiger partial charge in [-0.05, 0) is 63.1 Å². The van der Waals surface area contributed by atoms with E-state index in [0.29, 0.717) is 17.5 Å². The number of carbonyl (C=O) groups excluding carboxylic acids is 1. The van der Waals surface area contributed by atoms with Gasteiger partial charge >= 0.3 is 5.97 Å². The Morgan fingerprint density at radius 2 is 1.79 bits per heavy atom. The number of aryl methyl sites for hydroxylation is 3. The standard InChI is InChI=1S/C26H24N6O2/c1-5-34-26(33)19-13-28-32(23-12-16(3)18-11-15(2)10-17(4)24(18)31-23)25(19)30-22-14-27-20-8-6-7-9-21(20)29-22/h6-14H,5H2,1-4H3,(H,29,30). The van der Waals surface area contributed by atoms with Gasteiger partial charge in [0.05, 0.1) is 35.6 Å². The summed E-state index contributed by atoms with van der Waals surface area (Å²) in [4.78, 5) is 26.7. The molecule has 0 unspecified atom stereocenters. The van der Waals surface area contributed by atoms with E-state index in [1.54, 1.807) is 17.8 Å². The number of anilines is 2. The van der Waals surface area contributed by atoms with Crippen LogP contribution < -0.4 is 5.32 Å². The first kappa shape index (κ1) is 21.5. The maximum absolute atomic E-state index is 12.7. The zero-order valence-electron chi connectivity index (χ0n) is 19.5. The smallest absolute Gasteiger partial charge is 0.343 e. The molecule has 0 amide bonds. The van der Waals surface area contributed by atoms with Crippen LogP contribution in [0.1, 0.15) is 34.0 Å². The molecule has 34 heavy (non-hydrogen) atoms. The van der Waals surface area contributed by atoms with Crippen LogP contribution in [0.25, 0.3) is 27.8 Å². The number of ether oxygens (including phenoxy) is 1. The van der Waals surface area contributed by atoms with Crippen molar-refractivity contribution in [2.75, 3.05) is 11.9 Å². The van der Waals surface area contributed by atoms with Crippen LogP contribution in [-0.4, -0.2) is 37.3 Å². The third-order valence-electron chi connectivity index (χ3n) is 5.62. The first-order valence-electron chi connectivity index (χ1n) is 11.1. The summed E-state index contributed by atoms with van der Waals surface area (Å²) in [5.74, 6) is 1.01. The van der Waals surface area contributed by atoms with Gasteiger partial charge in [0.2, 0.25) is 0 Å². The molecule has 0 saturated heterocycles. The molecule has 5 rings (SSSR count). The summed E-state index contributed by atoms with van der Waals surface area (Å²) in [7, 11) is 0. The molecule has 0 aliphatic rings. The first-order valence-corrected chi connectivity index (χ1v) is 11.1. The number of esters is 1. The topological polar surface area (TPSA) is 94.8 Å². The van der Waals surface area contributed by atoms with E-state index in [2.05, 4.69) is 39.4 Å². The molecule has 0 saturated carbocycles. The fourth-order valence-corrected chi connectivity index (χ4v) is 4.08. The lowest BCUT2D eigenvalue weighted by molar-refractivity contribution is 0.0527. The fraction of sp³-hybridized carbons (Fsp3) is 0.192. The molecule has 0 radical (unpaired) electrons. The minimum Gasteiger partial charge on any atom is -0.462 e. The SMILES string of the molecule is CCOC(=O)c1cnn(-c2cc(C)c3cc(C)cc(C)c3n2)c1Nc1cnc2ccccc2n1. The lowest BCUT2D eigenvalue weighted by Gasteiger charge is -2.14. The number of aromatic nitrogens is 5. The molecule has 1 N–H and O–H groups in total. The lowest BCUT2D eigenvalue weighted by Crippen LogP contribution is -2.11. The van der Waals surface area contributed by atoms with Crippen LogP contribution in [0.3, 0.4) is 0 Å². The highest BCUT2D eigenvalue weighted by Gasteiger charge is 2.22. The molecule has 0 aliphatic heterocycles. The van der Waals surface area contributed by atoms with Crippen LogP contribution in [0, 0.1) is 20.8 Å². The highest BCUT2D eigenvalue weighted by Crippen LogP contribution is 2.28. The molecule has 3 aromatic heterocycles. The number of benzene rings is 2. The lowest BCUT2D eigenvalue weighted by atomic mass is 10.0. The Labute approximate surface area is 196 Å². The van der Waals surface area contributed by atoms with E-state index in [4.69, 9.17) is 9.72 Å².